The number of amides is 1. The molecule has 0 fully saturated rings. The van der Waals surface area contributed by atoms with Crippen LogP contribution in [0.15, 0.2) is 79.0 Å². The maximum atomic E-state index is 13.6. The number of hydrogen-bond acceptors (Lipinski definition) is 3. The van der Waals surface area contributed by atoms with Crippen LogP contribution in [0.2, 0.25) is 0 Å². The van der Waals surface area contributed by atoms with E-state index in [-0.39, 0.29) is 5.91 Å². The van der Waals surface area contributed by atoms with Crippen LogP contribution in [0, 0.1) is 6.92 Å². The smallest absolute Gasteiger partial charge is 0.270 e. The molecule has 0 spiro atoms. The molecule has 0 atom stereocenters. The minimum atomic E-state index is 0.00545. The predicted molar refractivity (Wildman–Crippen MR) is 137 cm³/mol. The zero-order valence-electron chi connectivity index (χ0n) is 19.8. The van der Waals surface area contributed by atoms with Crippen LogP contribution in [0.3, 0.4) is 0 Å². The number of carbonyl (C=O) groups excluding carboxylic acids is 1. The van der Waals surface area contributed by atoms with Gasteiger partial charge in [0.2, 0.25) is 0 Å². The summed E-state index contributed by atoms with van der Waals surface area (Å²) in [6.45, 7) is 3.46. The average molecular weight is 463 g/mol. The van der Waals surface area contributed by atoms with E-state index in [4.69, 9.17) is 4.74 Å². The van der Waals surface area contributed by atoms with Crippen molar-refractivity contribution in [2.24, 2.45) is 7.05 Å². The molecule has 0 radical (unpaired) electrons. The molecule has 0 aliphatic carbocycles. The Kier molecular flexibility index (Phi) is 5.14. The van der Waals surface area contributed by atoms with Gasteiger partial charge in [0.25, 0.3) is 5.91 Å². The van der Waals surface area contributed by atoms with Crippen molar-refractivity contribution in [3.63, 3.8) is 0 Å². The Morgan fingerprint density at radius 2 is 1.74 bits per heavy atom. The molecule has 1 N–H and O–H groups in total. The van der Waals surface area contributed by atoms with Crippen LogP contribution in [-0.4, -0.2) is 38.5 Å². The monoisotopic (exact) mass is 462 g/mol. The number of rotatable bonds is 3. The molecule has 0 bridgehead atoms. The van der Waals surface area contributed by atoms with Gasteiger partial charge >= 0.3 is 0 Å². The molecule has 2 aromatic heterocycles. The summed E-state index contributed by atoms with van der Waals surface area (Å²) in [5, 5.41) is 0. The number of nitrogens with zero attached hydrogens (tertiary/aromatic N) is 3. The summed E-state index contributed by atoms with van der Waals surface area (Å²) >= 11 is 0. The number of nitrogens with one attached hydrogen (secondary N) is 1. The Morgan fingerprint density at radius 1 is 0.943 bits per heavy atom. The van der Waals surface area contributed by atoms with E-state index in [1.54, 1.807) is 0 Å². The summed E-state index contributed by atoms with van der Waals surface area (Å²) in [4.78, 5) is 23.3. The first-order valence-electron chi connectivity index (χ1n) is 11.8. The zero-order chi connectivity index (χ0) is 23.9. The fourth-order valence-corrected chi connectivity index (χ4v) is 4.79. The van der Waals surface area contributed by atoms with Gasteiger partial charge in [0.1, 0.15) is 23.9 Å². The average Bonchev–Trinajstić information content (AvgIpc) is 3.37. The number of hydrogen-bond donors (Lipinski definition) is 1. The van der Waals surface area contributed by atoms with E-state index in [0.717, 1.165) is 50.4 Å². The van der Waals surface area contributed by atoms with Gasteiger partial charge in [-0.1, -0.05) is 42.5 Å². The van der Waals surface area contributed by atoms with E-state index in [2.05, 4.69) is 46.4 Å². The molecule has 0 unspecified atom stereocenters. The standard InChI is InChI=1S/C29H26N4O2/c1-19-30-25-10-8-22(15-26(25)31-19)21-9-11-28-24(14-21)18-33(12-13-35-28)29(34)27-16-23(17-32(27)2)20-6-4-3-5-7-20/h3-11,14-17H,12-13,18H2,1-2H3,(H,30,31). The minimum absolute atomic E-state index is 0.00545. The molecule has 174 valence electrons. The van der Waals surface area contributed by atoms with Gasteiger partial charge < -0.3 is 19.2 Å². The maximum absolute atomic E-state index is 13.6. The highest BCUT2D eigenvalue weighted by molar-refractivity contribution is 5.94. The second-order valence-corrected chi connectivity index (χ2v) is 9.04. The SMILES string of the molecule is Cc1nc2ccc(-c3ccc4c(c3)CN(C(=O)c3cc(-c5ccccc5)cn3C)CCO4)cc2[nH]1. The summed E-state index contributed by atoms with van der Waals surface area (Å²) < 4.78 is 7.93. The van der Waals surface area contributed by atoms with Crippen molar-refractivity contribution < 1.29 is 9.53 Å². The number of aryl methyl sites for hydroxylation is 2. The van der Waals surface area contributed by atoms with Gasteiger partial charge in [0, 0.05) is 30.9 Å². The summed E-state index contributed by atoms with van der Waals surface area (Å²) in [7, 11) is 1.92. The van der Waals surface area contributed by atoms with E-state index < -0.39 is 0 Å². The van der Waals surface area contributed by atoms with Crippen LogP contribution in [0.1, 0.15) is 21.9 Å². The number of imidazole rings is 1. The van der Waals surface area contributed by atoms with Crippen molar-refractivity contribution in [3.8, 4) is 28.0 Å². The topological polar surface area (TPSA) is 63.1 Å². The van der Waals surface area contributed by atoms with Gasteiger partial charge in [-0.25, -0.2) is 4.98 Å². The highest BCUT2D eigenvalue weighted by Gasteiger charge is 2.24. The molecule has 0 saturated heterocycles. The lowest BCUT2D eigenvalue weighted by Gasteiger charge is -2.20. The van der Waals surface area contributed by atoms with Crippen molar-refractivity contribution >= 4 is 16.9 Å². The lowest BCUT2D eigenvalue weighted by atomic mass is 10.0. The summed E-state index contributed by atoms with van der Waals surface area (Å²) in [5.74, 6) is 1.74. The lowest BCUT2D eigenvalue weighted by Crippen LogP contribution is -2.33. The molecule has 1 aliphatic rings. The molecule has 6 rings (SSSR count). The van der Waals surface area contributed by atoms with Crippen molar-refractivity contribution in [3.05, 3.63) is 96.1 Å². The normalized spacial score (nSPS) is 13.4. The van der Waals surface area contributed by atoms with Crippen LogP contribution >= 0.6 is 0 Å². The molecule has 3 heterocycles. The summed E-state index contributed by atoms with van der Waals surface area (Å²) in [6, 6.07) is 24.6. The minimum Gasteiger partial charge on any atom is -0.491 e. The van der Waals surface area contributed by atoms with Crippen molar-refractivity contribution in [2.45, 2.75) is 13.5 Å². The van der Waals surface area contributed by atoms with Crippen molar-refractivity contribution in [1.29, 1.82) is 0 Å². The Bertz CT molecular complexity index is 1550. The number of carbonyl (C=O) groups is 1. The van der Waals surface area contributed by atoms with Gasteiger partial charge in [0.05, 0.1) is 17.6 Å². The molecule has 1 amide bonds. The molecule has 6 nitrogen and oxygen atoms in total. The Morgan fingerprint density at radius 3 is 2.60 bits per heavy atom. The second kappa shape index (κ2) is 8.47. The number of H-pyrrole nitrogens is 1. The Labute approximate surface area is 203 Å². The predicted octanol–water partition coefficient (Wildman–Crippen LogP) is 5.58. The largest absolute Gasteiger partial charge is 0.491 e. The van der Waals surface area contributed by atoms with Crippen LogP contribution < -0.4 is 4.74 Å². The third kappa shape index (κ3) is 3.97. The molecule has 1 aliphatic heterocycles. The quantitative estimate of drug-likeness (QED) is 0.381. The fraction of sp³-hybridized carbons (Fsp3) is 0.172. The van der Waals surface area contributed by atoms with E-state index in [1.807, 2.05) is 66.0 Å². The van der Waals surface area contributed by atoms with Crippen LogP contribution in [0.25, 0.3) is 33.3 Å². The second-order valence-electron chi connectivity index (χ2n) is 9.04. The van der Waals surface area contributed by atoms with Gasteiger partial charge in [-0.2, -0.15) is 0 Å². The van der Waals surface area contributed by atoms with Gasteiger partial charge in [0.15, 0.2) is 0 Å². The highest BCUT2D eigenvalue weighted by atomic mass is 16.5. The van der Waals surface area contributed by atoms with Gasteiger partial charge in [-0.15, -0.1) is 0 Å². The Balaban J connectivity index is 1.30. The Hall–Kier alpha value is -4.32. The van der Waals surface area contributed by atoms with Crippen molar-refractivity contribution in [1.82, 2.24) is 19.4 Å². The summed E-state index contributed by atoms with van der Waals surface area (Å²) in [6.07, 6.45) is 2.01. The molecular weight excluding hydrogens is 436 g/mol. The van der Waals surface area contributed by atoms with Gasteiger partial charge in [-0.3, -0.25) is 4.79 Å². The maximum Gasteiger partial charge on any atom is 0.270 e. The van der Waals surface area contributed by atoms with Crippen LogP contribution in [0.4, 0.5) is 0 Å². The number of aromatic amines is 1. The van der Waals surface area contributed by atoms with Crippen LogP contribution in [-0.2, 0) is 13.6 Å². The first kappa shape index (κ1) is 21.2. The number of benzene rings is 3. The van der Waals surface area contributed by atoms with Crippen LogP contribution in [0.5, 0.6) is 5.75 Å². The summed E-state index contributed by atoms with van der Waals surface area (Å²) in [5.41, 5.74) is 7.96. The molecule has 6 heteroatoms. The molecule has 3 aromatic carbocycles. The molecule has 0 saturated carbocycles. The number of ether oxygens (including phenoxy) is 1. The molecular formula is C29H26N4O2. The number of aromatic nitrogens is 3. The fourth-order valence-electron chi connectivity index (χ4n) is 4.79. The van der Waals surface area contributed by atoms with E-state index in [9.17, 15) is 4.79 Å². The molecule has 5 aromatic rings. The van der Waals surface area contributed by atoms with E-state index >= 15 is 0 Å². The number of fused-ring (bicyclic) bond motifs is 2. The third-order valence-corrected chi connectivity index (χ3v) is 6.59. The van der Waals surface area contributed by atoms with Crippen molar-refractivity contribution in [2.75, 3.05) is 13.2 Å². The zero-order valence-corrected chi connectivity index (χ0v) is 19.8. The highest BCUT2D eigenvalue weighted by Crippen LogP contribution is 2.31. The molecule has 35 heavy (non-hydrogen) atoms. The third-order valence-electron chi connectivity index (χ3n) is 6.59. The lowest BCUT2D eigenvalue weighted by molar-refractivity contribution is 0.0723. The van der Waals surface area contributed by atoms with Gasteiger partial charge in [-0.05, 0) is 53.9 Å². The first-order valence-corrected chi connectivity index (χ1v) is 11.8. The van der Waals surface area contributed by atoms with E-state index in [0.29, 0.717) is 25.4 Å². The van der Waals surface area contributed by atoms with E-state index in [1.165, 1.54) is 0 Å². The first-order chi connectivity index (χ1) is 17.0.